The molecule has 0 spiro atoms. The summed E-state index contributed by atoms with van der Waals surface area (Å²) in [4.78, 5) is 14.9. The zero-order valence-corrected chi connectivity index (χ0v) is 20.9. The Morgan fingerprint density at radius 2 is 1.71 bits per heavy atom. The van der Waals surface area contributed by atoms with Crippen LogP contribution in [0.3, 0.4) is 0 Å². The molecule has 5 nitrogen and oxygen atoms in total. The minimum absolute atomic E-state index is 0.190. The fourth-order valence-corrected chi connectivity index (χ4v) is 6.90. The van der Waals surface area contributed by atoms with E-state index in [1.54, 1.807) is 22.5 Å². The van der Waals surface area contributed by atoms with Crippen molar-refractivity contribution in [1.29, 1.82) is 0 Å². The van der Waals surface area contributed by atoms with Gasteiger partial charge in [0, 0.05) is 33.4 Å². The molecule has 1 saturated heterocycles. The van der Waals surface area contributed by atoms with Gasteiger partial charge in [0.25, 0.3) is 5.91 Å². The van der Waals surface area contributed by atoms with Gasteiger partial charge in [-0.2, -0.15) is 4.31 Å². The Balaban J connectivity index is 1.67. The lowest BCUT2D eigenvalue weighted by Gasteiger charge is -2.34. The van der Waals surface area contributed by atoms with Crippen molar-refractivity contribution in [3.63, 3.8) is 0 Å². The molecule has 166 valence electrons. The highest BCUT2D eigenvalue weighted by molar-refractivity contribution is 9.10. The molecule has 1 saturated carbocycles. The van der Waals surface area contributed by atoms with Crippen LogP contribution in [-0.4, -0.2) is 37.8 Å². The summed E-state index contributed by atoms with van der Waals surface area (Å²) in [6.07, 6.45) is 2.98. The molecule has 0 unspecified atom stereocenters. The fraction of sp³-hybridized carbons (Fsp3) is 0.435. The summed E-state index contributed by atoms with van der Waals surface area (Å²) in [5, 5.41) is 3.01. The lowest BCUT2D eigenvalue weighted by molar-refractivity contribution is 0.0948. The molecule has 8 heteroatoms. The second-order valence-electron chi connectivity index (χ2n) is 8.73. The van der Waals surface area contributed by atoms with Crippen LogP contribution in [0.4, 0.5) is 0 Å². The van der Waals surface area contributed by atoms with Gasteiger partial charge in [0.05, 0.1) is 10.5 Å². The van der Waals surface area contributed by atoms with Gasteiger partial charge in [0.2, 0.25) is 10.0 Å². The number of piperidine rings is 1. The van der Waals surface area contributed by atoms with Gasteiger partial charge in [0.1, 0.15) is 0 Å². The van der Waals surface area contributed by atoms with Crippen molar-refractivity contribution >= 4 is 43.6 Å². The maximum absolute atomic E-state index is 13.4. The lowest BCUT2D eigenvalue weighted by atomic mass is 9.94. The first-order chi connectivity index (χ1) is 14.7. The van der Waals surface area contributed by atoms with Gasteiger partial charge in [-0.25, -0.2) is 8.42 Å². The molecule has 2 fully saturated rings. The highest BCUT2D eigenvalue weighted by atomic mass is 79.9. The molecule has 0 bridgehead atoms. The third-order valence-corrected chi connectivity index (χ3v) is 9.06. The van der Waals surface area contributed by atoms with Gasteiger partial charge in [-0.15, -0.1) is 0 Å². The van der Waals surface area contributed by atoms with E-state index in [4.69, 9.17) is 0 Å². The lowest BCUT2D eigenvalue weighted by Crippen LogP contribution is -2.42. The highest BCUT2D eigenvalue weighted by Gasteiger charge is 2.33. The number of carbonyl (C=O) groups is 1. The van der Waals surface area contributed by atoms with E-state index in [2.05, 4.69) is 35.1 Å². The summed E-state index contributed by atoms with van der Waals surface area (Å²) >= 11 is 4.90. The summed E-state index contributed by atoms with van der Waals surface area (Å²) in [5.41, 5.74) is 0.416. The minimum atomic E-state index is -3.65. The fourth-order valence-electron chi connectivity index (χ4n) is 4.01. The number of rotatable bonds is 6. The van der Waals surface area contributed by atoms with Crippen molar-refractivity contribution in [2.24, 2.45) is 11.8 Å². The van der Waals surface area contributed by atoms with Crippen LogP contribution in [0.25, 0.3) is 0 Å². The van der Waals surface area contributed by atoms with Gasteiger partial charge in [-0.05, 0) is 73.6 Å². The van der Waals surface area contributed by atoms with Crippen LogP contribution < -0.4 is 5.32 Å². The Labute approximate surface area is 197 Å². The van der Waals surface area contributed by atoms with Gasteiger partial charge in [-0.3, -0.25) is 4.79 Å². The van der Waals surface area contributed by atoms with Gasteiger partial charge >= 0.3 is 0 Å². The largest absolute Gasteiger partial charge is 0.349 e. The van der Waals surface area contributed by atoms with Gasteiger partial charge < -0.3 is 5.32 Å². The third-order valence-electron chi connectivity index (χ3n) is 5.62. The number of amides is 1. The van der Waals surface area contributed by atoms with Crippen LogP contribution >= 0.6 is 27.7 Å². The maximum atomic E-state index is 13.4. The molecular formula is C23H27BrN2O3S2. The van der Waals surface area contributed by atoms with E-state index in [9.17, 15) is 13.2 Å². The molecule has 2 aliphatic rings. The number of nitrogens with zero attached hydrogens (tertiary/aromatic N) is 1. The number of hydrogen-bond donors (Lipinski definition) is 1. The second kappa shape index (κ2) is 9.25. The number of carbonyl (C=O) groups excluding carboxylic acids is 1. The van der Waals surface area contributed by atoms with Crippen molar-refractivity contribution < 1.29 is 13.2 Å². The molecule has 31 heavy (non-hydrogen) atoms. The summed E-state index contributed by atoms with van der Waals surface area (Å²) in [6.45, 7) is 5.21. The first-order valence-electron chi connectivity index (χ1n) is 10.6. The maximum Gasteiger partial charge on any atom is 0.252 e. The van der Waals surface area contributed by atoms with Crippen LogP contribution in [0, 0.1) is 11.8 Å². The predicted octanol–water partition coefficient (Wildman–Crippen LogP) is 5.16. The Morgan fingerprint density at radius 1 is 1.06 bits per heavy atom. The number of sulfonamides is 1. The minimum Gasteiger partial charge on any atom is -0.349 e. The molecule has 1 N–H and O–H groups in total. The molecule has 1 aliphatic heterocycles. The number of nitrogens with one attached hydrogen (secondary N) is 1. The SMILES string of the molecule is C[C@H]1C[C@H](C)CN(S(=O)(=O)c2ccc(Sc3ccc(Br)cc3)c(C(=O)NC3CC3)c2)C1. The molecule has 1 heterocycles. The van der Waals surface area contributed by atoms with Crippen molar-refractivity contribution in [1.82, 2.24) is 9.62 Å². The van der Waals surface area contributed by atoms with E-state index in [0.717, 1.165) is 33.5 Å². The standard InChI is InChI=1S/C23H27BrN2O3S2/c1-15-11-16(2)14-26(13-15)31(28,29)20-9-10-22(30-19-7-3-17(24)4-8-19)21(12-20)23(27)25-18-5-6-18/h3-4,7-10,12,15-16,18H,5-6,11,13-14H2,1-2H3,(H,25,27)/t15-,16-/m0/s1. The van der Waals surface area contributed by atoms with E-state index in [1.807, 2.05) is 24.3 Å². The van der Waals surface area contributed by atoms with Crippen LogP contribution in [0.2, 0.25) is 0 Å². The zero-order valence-electron chi connectivity index (χ0n) is 17.7. The number of halogens is 1. The molecule has 1 aliphatic carbocycles. The van der Waals surface area contributed by atoms with Crippen LogP contribution in [-0.2, 0) is 10.0 Å². The summed E-state index contributed by atoms with van der Waals surface area (Å²) in [7, 11) is -3.65. The Kier molecular flexibility index (Phi) is 6.82. The zero-order chi connectivity index (χ0) is 22.2. The number of benzene rings is 2. The van der Waals surface area contributed by atoms with Crippen LogP contribution in [0.5, 0.6) is 0 Å². The predicted molar refractivity (Wildman–Crippen MR) is 127 cm³/mol. The van der Waals surface area contributed by atoms with Crippen LogP contribution in [0.15, 0.2) is 61.6 Å². The van der Waals surface area contributed by atoms with Crippen molar-refractivity contribution in [3.05, 3.63) is 52.5 Å². The van der Waals surface area contributed by atoms with E-state index in [1.165, 1.54) is 11.8 Å². The first-order valence-corrected chi connectivity index (χ1v) is 13.7. The molecule has 0 aromatic heterocycles. The second-order valence-corrected chi connectivity index (χ2v) is 12.7. The smallest absolute Gasteiger partial charge is 0.252 e. The summed E-state index contributed by atoms with van der Waals surface area (Å²) in [6, 6.07) is 13.0. The Morgan fingerprint density at radius 3 is 2.32 bits per heavy atom. The van der Waals surface area contributed by atoms with Crippen molar-refractivity contribution in [2.75, 3.05) is 13.1 Å². The molecule has 1 amide bonds. The average Bonchev–Trinajstić information content (AvgIpc) is 3.53. The van der Waals surface area contributed by atoms with E-state index >= 15 is 0 Å². The highest BCUT2D eigenvalue weighted by Crippen LogP contribution is 2.34. The molecule has 0 radical (unpaired) electrons. The normalized spacial score (nSPS) is 22.3. The van der Waals surface area contributed by atoms with E-state index in [0.29, 0.717) is 30.5 Å². The summed E-state index contributed by atoms with van der Waals surface area (Å²) in [5.74, 6) is 0.436. The van der Waals surface area contributed by atoms with Gasteiger partial charge in [-0.1, -0.05) is 41.5 Å². The van der Waals surface area contributed by atoms with Crippen LogP contribution in [0.1, 0.15) is 43.5 Å². The van der Waals surface area contributed by atoms with E-state index in [-0.39, 0.29) is 16.8 Å². The Hall–Kier alpha value is -1.35. The molecule has 2 aromatic rings. The monoisotopic (exact) mass is 522 g/mol. The number of hydrogen-bond acceptors (Lipinski definition) is 4. The van der Waals surface area contributed by atoms with Crippen molar-refractivity contribution in [2.45, 2.75) is 53.8 Å². The van der Waals surface area contributed by atoms with Crippen molar-refractivity contribution in [3.8, 4) is 0 Å². The van der Waals surface area contributed by atoms with E-state index < -0.39 is 10.0 Å². The molecule has 2 aromatic carbocycles. The first kappa shape index (κ1) is 22.8. The quantitative estimate of drug-likeness (QED) is 0.568. The molecular weight excluding hydrogens is 496 g/mol. The summed E-state index contributed by atoms with van der Waals surface area (Å²) < 4.78 is 29.3. The molecule has 4 rings (SSSR count). The Bertz CT molecular complexity index is 1060. The van der Waals surface area contributed by atoms with Gasteiger partial charge in [0.15, 0.2) is 0 Å². The topological polar surface area (TPSA) is 66.5 Å². The third kappa shape index (κ3) is 5.53. The molecule has 2 atom stereocenters. The average molecular weight is 524 g/mol.